The summed E-state index contributed by atoms with van der Waals surface area (Å²) in [6.45, 7) is 4.32. The molecule has 0 saturated carbocycles. The van der Waals surface area contributed by atoms with Crippen LogP contribution < -0.4 is 0 Å². The maximum absolute atomic E-state index is 11.1. The van der Waals surface area contributed by atoms with Crippen molar-refractivity contribution in [2.24, 2.45) is 0 Å². The van der Waals surface area contributed by atoms with Crippen LogP contribution in [-0.4, -0.2) is 24.5 Å². The summed E-state index contributed by atoms with van der Waals surface area (Å²) in [6, 6.07) is 81.9. The van der Waals surface area contributed by atoms with Gasteiger partial charge in [-0.25, -0.2) is 19.9 Å². The first kappa shape index (κ1) is 42.8. The Balaban J connectivity index is 1.27. The lowest BCUT2D eigenvalue weighted by molar-refractivity contribution is 1.14. The second-order valence-corrected chi connectivity index (χ2v) is 17.8. The molecule has 0 N–H and O–H groups in total. The van der Waals surface area contributed by atoms with Crippen LogP contribution in [0.25, 0.3) is 118 Å². The van der Waals surface area contributed by atoms with Crippen molar-refractivity contribution in [2.45, 2.75) is 13.8 Å². The molecule has 3 aromatic heterocycles. The maximum atomic E-state index is 11.1. The van der Waals surface area contributed by atoms with Gasteiger partial charge >= 0.3 is 0 Å². The number of fused-ring (bicyclic) bond motifs is 3. The maximum Gasteiger partial charge on any atom is 0.160 e. The summed E-state index contributed by atoms with van der Waals surface area (Å²) in [5.41, 5.74) is 18.1. The molecular weight excluding hydrogens is 865 g/mol. The van der Waals surface area contributed by atoms with E-state index in [0.29, 0.717) is 28.6 Å². The summed E-state index contributed by atoms with van der Waals surface area (Å²) in [6.07, 6.45) is 0. The van der Waals surface area contributed by atoms with Gasteiger partial charge in [0.05, 0.1) is 51.1 Å². The highest BCUT2D eigenvalue weighted by molar-refractivity contribution is 6.12. The minimum atomic E-state index is 0.461. The van der Waals surface area contributed by atoms with Crippen molar-refractivity contribution in [1.82, 2.24) is 24.5 Å². The molecule has 12 rings (SSSR count). The lowest BCUT2D eigenvalue weighted by Gasteiger charge is -2.21. The van der Waals surface area contributed by atoms with Crippen LogP contribution in [0, 0.1) is 25.2 Å². The molecule has 71 heavy (non-hydrogen) atoms. The molecule has 12 aromatic rings. The second kappa shape index (κ2) is 18.2. The Bertz CT molecular complexity index is 3640. The molecule has 6 nitrogen and oxygen atoms in total. The van der Waals surface area contributed by atoms with Crippen molar-refractivity contribution in [1.29, 1.82) is 5.26 Å². The van der Waals surface area contributed by atoms with Gasteiger partial charge in [0.25, 0.3) is 0 Å². The van der Waals surface area contributed by atoms with Gasteiger partial charge in [-0.3, -0.25) is 0 Å². The van der Waals surface area contributed by atoms with Gasteiger partial charge in [-0.15, -0.1) is 0 Å². The topological polar surface area (TPSA) is 80.3 Å². The van der Waals surface area contributed by atoms with E-state index in [1.54, 1.807) is 0 Å². The lowest BCUT2D eigenvalue weighted by atomic mass is 9.95. The third-order valence-electron chi connectivity index (χ3n) is 13.3. The summed E-state index contributed by atoms with van der Waals surface area (Å²) in [4.78, 5) is 21.3. The monoisotopic (exact) mass is 908 g/mol. The minimum absolute atomic E-state index is 0.461. The number of rotatable bonds is 9. The fourth-order valence-electron chi connectivity index (χ4n) is 9.84. The lowest BCUT2D eigenvalue weighted by Crippen LogP contribution is -2.06. The number of hydrogen-bond acceptors (Lipinski definition) is 5. The molecule has 0 saturated heterocycles. The van der Waals surface area contributed by atoms with Crippen LogP contribution in [0.3, 0.4) is 0 Å². The molecule has 334 valence electrons. The molecule has 0 atom stereocenters. The number of nitrogens with zero attached hydrogens (tertiary/aromatic N) is 6. The van der Waals surface area contributed by atoms with Crippen LogP contribution in [0.15, 0.2) is 231 Å². The first-order valence-corrected chi connectivity index (χ1v) is 23.8. The van der Waals surface area contributed by atoms with Crippen LogP contribution in [0.5, 0.6) is 0 Å². The average molecular weight is 909 g/mol. The van der Waals surface area contributed by atoms with Crippen LogP contribution in [0.2, 0.25) is 0 Å². The third kappa shape index (κ3) is 8.02. The predicted molar refractivity (Wildman–Crippen MR) is 290 cm³/mol. The van der Waals surface area contributed by atoms with E-state index < -0.39 is 0 Å². The Morgan fingerprint density at radius 3 is 1.10 bits per heavy atom. The van der Waals surface area contributed by atoms with Gasteiger partial charge in [0.2, 0.25) is 0 Å². The fourth-order valence-corrected chi connectivity index (χ4v) is 9.84. The highest BCUT2D eigenvalue weighted by Gasteiger charge is 2.26. The van der Waals surface area contributed by atoms with Crippen LogP contribution in [0.4, 0.5) is 0 Å². The molecule has 0 bridgehead atoms. The Hall–Kier alpha value is -9.57. The van der Waals surface area contributed by atoms with Crippen molar-refractivity contribution in [3.63, 3.8) is 0 Å². The fraction of sp³-hybridized carbons (Fsp3) is 0.0308. The quantitative estimate of drug-likeness (QED) is 0.144. The van der Waals surface area contributed by atoms with E-state index in [4.69, 9.17) is 19.9 Å². The van der Waals surface area contributed by atoms with E-state index in [0.717, 1.165) is 94.5 Å². The number of aromatic nitrogens is 5. The standard InChI is InChI=1S/C65H44N6/c1-42-19-15-17-29-51(42)49-31-33-53-54-34-32-50(52-30-18-16-20-43(52)2)38-62(54)71(61(53)37-49)63-55(59-39-57(45-21-7-3-8-22-45)67-64(69-59)47-25-11-5-12-26-47)35-44(41-66)36-56(63)60-40-58(46-23-9-4-10-24-46)68-65(70-60)48-27-13-6-14-28-48/h3-40H,1-2H3. The number of aryl methyl sites for hydroxylation is 2. The van der Waals surface area contributed by atoms with E-state index in [-0.39, 0.29) is 0 Å². The van der Waals surface area contributed by atoms with Crippen LogP contribution in [-0.2, 0) is 0 Å². The highest BCUT2D eigenvalue weighted by atomic mass is 15.0. The van der Waals surface area contributed by atoms with Crippen molar-refractivity contribution in [3.05, 3.63) is 247 Å². The highest BCUT2D eigenvalue weighted by Crippen LogP contribution is 2.45. The van der Waals surface area contributed by atoms with Crippen molar-refractivity contribution in [2.75, 3.05) is 0 Å². The zero-order chi connectivity index (χ0) is 47.8. The van der Waals surface area contributed by atoms with E-state index in [9.17, 15) is 5.26 Å². The van der Waals surface area contributed by atoms with E-state index in [2.05, 4.69) is 146 Å². The summed E-state index contributed by atoms with van der Waals surface area (Å²) in [5, 5.41) is 13.3. The molecule has 0 aliphatic rings. The molecule has 0 spiro atoms. The van der Waals surface area contributed by atoms with Gasteiger partial charge < -0.3 is 4.57 Å². The van der Waals surface area contributed by atoms with E-state index in [1.165, 1.54) is 11.1 Å². The van der Waals surface area contributed by atoms with Crippen LogP contribution in [0.1, 0.15) is 16.7 Å². The van der Waals surface area contributed by atoms with E-state index >= 15 is 0 Å². The van der Waals surface area contributed by atoms with Gasteiger partial charge in [-0.2, -0.15) is 5.26 Å². The molecule has 0 fully saturated rings. The van der Waals surface area contributed by atoms with Crippen molar-refractivity contribution >= 4 is 21.8 Å². The smallest absolute Gasteiger partial charge is 0.160 e. The van der Waals surface area contributed by atoms with Crippen molar-refractivity contribution in [3.8, 4) is 102 Å². The molecule has 0 radical (unpaired) electrons. The molecule has 6 heteroatoms. The Labute approximate surface area is 412 Å². The number of benzene rings is 9. The number of nitriles is 1. The molecular formula is C65H44N6. The molecule has 3 heterocycles. The van der Waals surface area contributed by atoms with Crippen molar-refractivity contribution < 1.29 is 0 Å². The van der Waals surface area contributed by atoms with Crippen LogP contribution >= 0.6 is 0 Å². The summed E-state index contributed by atoms with van der Waals surface area (Å²) in [7, 11) is 0. The normalized spacial score (nSPS) is 11.2. The largest absolute Gasteiger partial charge is 0.308 e. The van der Waals surface area contributed by atoms with Gasteiger partial charge in [0.1, 0.15) is 0 Å². The van der Waals surface area contributed by atoms with Gasteiger partial charge in [-0.05, 0) is 83.6 Å². The number of hydrogen-bond donors (Lipinski definition) is 0. The zero-order valence-electron chi connectivity index (χ0n) is 39.1. The van der Waals surface area contributed by atoms with Gasteiger partial charge in [-0.1, -0.05) is 194 Å². The molecule has 0 aliphatic carbocycles. The Kier molecular flexibility index (Phi) is 10.9. The summed E-state index contributed by atoms with van der Waals surface area (Å²) < 4.78 is 2.39. The molecule has 0 unspecified atom stereocenters. The van der Waals surface area contributed by atoms with Gasteiger partial charge in [0, 0.05) is 44.2 Å². The first-order chi connectivity index (χ1) is 35.0. The average Bonchev–Trinajstić information content (AvgIpc) is 3.76. The molecule has 0 aliphatic heterocycles. The zero-order valence-corrected chi connectivity index (χ0v) is 39.1. The SMILES string of the molecule is Cc1ccccc1-c1ccc2c3ccc(-c4ccccc4C)cc3n(-c3c(-c4cc(-c5ccccc5)nc(-c5ccccc5)n4)cc(C#N)cc3-c3cc(-c4ccccc4)nc(-c4ccccc4)n3)c2c1. The minimum Gasteiger partial charge on any atom is -0.308 e. The Morgan fingerprint density at radius 1 is 0.338 bits per heavy atom. The second-order valence-electron chi connectivity index (χ2n) is 17.8. The molecule has 9 aromatic carbocycles. The Morgan fingerprint density at radius 2 is 0.704 bits per heavy atom. The summed E-state index contributed by atoms with van der Waals surface area (Å²) in [5.74, 6) is 1.14. The summed E-state index contributed by atoms with van der Waals surface area (Å²) >= 11 is 0. The first-order valence-electron chi connectivity index (χ1n) is 23.8. The predicted octanol–water partition coefficient (Wildman–Crippen LogP) is 16.2. The molecule has 0 amide bonds. The van der Waals surface area contributed by atoms with Gasteiger partial charge in [0.15, 0.2) is 11.6 Å². The third-order valence-corrected chi connectivity index (χ3v) is 13.3. The van der Waals surface area contributed by atoms with E-state index in [1.807, 2.05) is 109 Å².